The second-order valence-electron chi connectivity index (χ2n) is 5.78. The summed E-state index contributed by atoms with van der Waals surface area (Å²) >= 11 is 1.07. The van der Waals surface area contributed by atoms with Gasteiger partial charge in [-0.15, -0.1) is 11.3 Å². The molecular weight excluding hydrogens is 384 g/mol. The minimum Gasteiger partial charge on any atom is -0.490 e. The number of esters is 1. The van der Waals surface area contributed by atoms with Crippen LogP contribution in [0, 0.1) is 6.92 Å². The highest BCUT2D eigenvalue weighted by Gasteiger charge is 2.21. The molecule has 0 atom stereocenters. The second kappa shape index (κ2) is 8.63. The van der Waals surface area contributed by atoms with E-state index in [2.05, 4.69) is 4.98 Å². The van der Waals surface area contributed by atoms with Crippen molar-refractivity contribution < 1.29 is 19.1 Å². The molecule has 10 heteroatoms. The first kappa shape index (κ1) is 19.5. The van der Waals surface area contributed by atoms with Crippen molar-refractivity contribution >= 4 is 33.4 Å². The van der Waals surface area contributed by atoms with Crippen molar-refractivity contribution in [3.63, 3.8) is 0 Å². The van der Waals surface area contributed by atoms with Gasteiger partial charge in [0.2, 0.25) is 0 Å². The lowest BCUT2D eigenvalue weighted by molar-refractivity contribution is -0.121. The monoisotopic (exact) mass is 402 g/mol. The molecule has 0 unspecified atom stereocenters. The Morgan fingerprint density at radius 3 is 2.71 bits per heavy atom. The van der Waals surface area contributed by atoms with Crippen LogP contribution >= 0.6 is 11.3 Å². The van der Waals surface area contributed by atoms with Crippen LogP contribution in [0.15, 0.2) is 41.5 Å². The van der Waals surface area contributed by atoms with Gasteiger partial charge in [0.1, 0.15) is 35.2 Å². The quantitative estimate of drug-likeness (QED) is 0.198. The van der Waals surface area contributed by atoms with Gasteiger partial charge in [-0.25, -0.2) is 15.6 Å². The maximum Gasteiger partial charge on any atom is 0.348 e. The molecule has 3 N–H and O–H groups in total. The van der Waals surface area contributed by atoms with Crippen molar-refractivity contribution in [3.8, 4) is 5.75 Å². The van der Waals surface area contributed by atoms with Gasteiger partial charge in [-0.05, 0) is 24.6 Å². The summed E-state index contributed by atoms with van der Waals surface area (Å²) in [5.41, 5.74) is 2.00. The Morgan fingerprint density at radius 1 is 1.25 bits per heavy atom. The van der Waals surface area contributed by atoms with Crippen molar-refractivity contribution in [2.24, 2.45) is 5.84 Å². The van der Waals surface area contributed by atoms with Gasteiger partial charge in [0.05, 0.1) is 11.7 Å². The van der Waals surface area contributed by atoms with Crippen molar-refractivity contribution in [3.05, 3.63) is 57.5 Å². The number of carbonyl (C=O) groups is 2. The van der Waals surface area contributed by atoms with Crippen LogP contribution < -0.4 is 21.6 Å². The number of ether oxygens (including phenoxy) is 2. The van der Waals surface area contributed by atoms with E-state index in [0.717, 1.165) is 15.9 Å². The summed E-state index contributed by atoms with van der Waals surface area (Å²) in [6.07, 6.45) is 1.25. The number of fused-ring (bicyclic) bond motifs is 1. The number of aromatic nitrogens is 2. The Labute approximate surface area is 163 Å². The number of rotatable bonds is 7. The summed E-state index contributed by atoms with van der Waals surface area (Å²) in [6.45, 7) is 1.66. The van der Waals surface area contributed by atoms with Crippen molar-refractivity contribution in [2.45, 2.75) is 13.5 Å². The number of amides is 1. The number of benzene rings is 1. The molecule has 0 radical (unpaired) electrons. The first-order valence-electron chi connectivity index (χ1n) is 8.34. The van der Waals surface area contributed by atoms with E-state index < -0.39 is 17.4 Å². The Morgan fingerprint density at radius 2 is 2.00 bits per heavy atom. The summed E-state index contributed by atoms with van der Waals surface area (Å²) in [4.78, 5) is 41.2. The smallest absolute Gasteiger partial charge is 0.348 e. The molecule has 0 aliphatic rings. The summed E-state index contributed by atoms with van der Waals surface area (Å²) in [5.74, 6) is 4.64. The molecule has 3 aromatic rings. The van der Waals surface area contributed by atoms with Gasteiger partial charge >= 0.3 is 5.97 Å². The number of hydrogen-bond acceptors (Lipinski definition) is 8. The van der Waals surface area contributed by atoms with Crippen LogP contribution in [0.2, 0.25) is 0 Å². The van der Waals surface area contributed by atoms with Gasteiger partial charge in [0.25, 0.3) is 11.5 Å². The largest absolute Gasteiger partial charge is 0.490 e. The molecular formula is C18H18N4O5S. The highest BCUT2D eigenvalue weighted by atomic mass is 32.1. The van der Waals surface area contributed by atoms with Crippen molar-refractivity contribution in [1.29, 1.82) is 0 Å². The molecule has 0 saturated carbocycles. The number of nitrogens with zero attached hydrogens (tertiary/aromatic N) is 2. The van der Waals surface area contributed by atoms with E-state index in [1.54, 1.807) is 19.1 Å². The maximum absolute atomic E-state index is 12.6. The molecule has 1 aromatic carbocycles. The van der Waals surface area contributed by atoms with Gasteiger partial charge in [-0.3, -0.25) is 19.6 Å². The second-order valence-corrected chi connectivity index (χ2v) is 6.78. The highest BCUT2D eigenvalue weighted by Crippen LogP contribution is 2.27. The maximum atomic E-state index is 12.6. The Balaban J connectivity index is 1.71. The van der Waals surface area contributed by atoms with E-state index in [1.165, 1.54) is 6.33 Å². The SMILES string of the molecule is Cc1c(C(=O)OCCOc2ccccc2)sc2ncn(CC(=O)NN)c(=O)c12. The Hall–Kier alpha value is -3.24. The first-order chi connectivity index (χ1) is 13.5. The predicted octanol–water partition coefficient (Wildman–Crippen LogP) is 0.992. The minimum absolute atomic E-state index is 0.0652. The van der Waals surface area contributed by atoms with Gasteiger partial charge < -0.3 is 9.47 Å². The average molecular weight is 402 g/mol. The van der Waals surface area contributed by atoms with Crippen LogP contribution in [0.25, 0.3) is 10.2 Å². The lowest BCUT2D eigenvalue weighted by atomic mass is 10.2. The van der Waals surface area contributed by atoms with Crippen molar-refractivity contribution in [2.75, 3.05) is 13.2 Å². The van der Waals surface area contributed by atoms with Gasteiger partial charge in [-0.1, -0.05) is 18.2 Å². The number of hydrazine groups is 1. The summed E-state index contributed by atoms with van der Waals surface area (Å²) < 4.78 is 11.8. The molecule has 0 fully saturated rings. The number of para-hydroxylation sites is 1. The standard InChI is InChI=1S/C18H18N4O5S/c1-11-14-16(20-10-22(17(14)24)9-13(23)21-19)28-15(11)18(25)27-8-7-26-12-5-3-2-4-6-12/h2-6,10H,7-9,19H2,1H3,(H,21,23). The Kier molecular flexibility index (Phi) is 6.02. The molecule has 28 heavy (non-hydrogen) atoms. The summed E-state index contributed by atoms with van der Waals surface area (Å²) in [7, 11) is 0. The minimum atomic E-state index is -0.553. The number of hydrogen-bond donors (Lipinski definition) is 2. The molecule has 2 aromatic heterocycles. The molecule has 146 valence electrons. The third-order valence-corrected chi connectivity index (χ3v) is 5.09. The van der Waals surface area contributed by atoms with Crippen LogP contribution in [-0.4, -0.2) is 34.6 Å². The van der Waals surface area contributed by atoms with Gasteiger partial charge in [0.15, 0.2) is 0 Å². The van der Waals surface area contributed by atoms with E-state index in [1.807, 2.05) is 23.6 Å². The van der Waals surface area contributed by atoms with Gasteiger partial charge in [0, 0.05) is 0 Å². The fourth-order valence-corrected chi connectivity index (χ4v) is 3.58. The molecule has 1 amide bonds. The van der Waals surface area contributed by atoms with Crippen LogP contribution in [0.3, 0.4) is 0 Å². The average Bonchev–Trinajstić information content (AvgIpc) is 3.05. The summed E-state index contributed by atoms with van der Waals surface area (Å²) in [5, 5.41) is 0.282. The number of nitrogens with one attached hydrogen (secondary N) is 1. The molecule has 2 heterocycles. The fraction of sp³-hybridized carbons (Fsp3) is 0.222. The lowest BCUT2D eigenvalue weighted by Crippen LogP contribution is -2.36. The van der Waals surface area contributed by atoms with Gasteiger partial charge in [-0.2, -0.15) is 0 Å². The molecule has 3 rings (SSSR count). The molecule has 0 aliphatic heterocycles. The molecule has 0 saturated heterocycles. The van der Waals surface area contributed by atoms with E-state index in [0.29, 0.717) is 21.0 Å². The third-order valence-electron chi connectivity index (χ3n) is 3.91. The molecule has 0 bridgehead atoms. The topological polar surface area (TPSA) is 126 Å². The zero-order valence-electron chi connectivity index (χ0n) is 15.0. The van der Waals surface area contributed by atoms with Crippen LogP contribution in [0.4, 0.5) is 0 Å². The van der Waals surface area contributed by atoms with Crippen molar-refractivity contribution in [1.82, 2.24) is 15.0 Å². The van der Waals surface area contributed by atoms with Crippen LogP contribution in [-0.2, 0) is 16.1 Å². The zero-order valence-corrected chi connectivity index (χ0v) is 15.8. The first-order valence-corrected chi connectivity index (χ1v) is 9.16. The van der Waals surface area contributed by atoms with E-state index in [-0.39, 0.29) is 25.1 Å². The predicted molar refractivity (Wildman–Crippen MR) is 103 cm³/mol. The number of thiophene rings is 1. The van der Waals surface area contributed by atoms with E-state index in [9.17, 15) is 14.4 Å². The van der Waals surface area contributed by atoms with E-state index >= 15 is 0 Å². The molecule has 9 nitrogen and oxygen atoms in total. The highest BCUT2D eigenvalue weighted by molar-refractivity contribution is 7.20. The normalized spacial score (nSPS) is 10.6. The molecule has 0 aliphatic carbocycles. The van der Waals surface area contributed by atoms with Crippen LogP contribution in [0.1, 0.15) is 15.2 Å². The lowest BCUT2D eigenvalue weighted by Gasteiger charge is -2.07. The van der Waals surface area contributed by atoms with E-state index in [4.69, 9.17) is 15.3 Å². The number of nitrogens with two attached hydrogens (primary N) is 1. The zero-order chi connectivity index (χ0) is 20.1. The summed E-state index contributed by atoms with van der Waals surface area (Å²) in [6, 6.07) is 9.18. The Bertz CT molecular complexity index is 1060. The third kappa shape index (κ3) is 4.18. The fourth-order valence-electron chi connectivity index (χ4n) is 2.54. The number of carbonyl (C=O) groups excluding carboxylic acids is 2. The number of aryl methyl sites for hydroxylation is 1. The van der Waals surface area contributed by atoms with Crippen LogP contribution in [0.5, 0.6) is 5.75 Å². The molecule has 0 spiro atoms.